The predicted molar refractivity (Wildman–Crippen MR) is 67.0 cm³/mol. The second-order valence-corrected chi connectivity index (χ2v) is 7.51. The van der Waals surface area contributed by atoms with Crippen molar-refractivity contribution in [3.05, 3.63) is 0 Å². The van der Waals surface area contributed by atoms with E-state index >= 15 is 0 Å². The van der Waals surface area contributed by atoms with Crippen LogP contribution in [0.1, 0.15) is 26.2 Å². The maximum absolute atomic E-state index is 11.2. The average molecular weight is 251 g/mol. The molecular weight excluding hydrogens is 230 g/mol. The normalized spacial score (nSPS) is 31.1. The molecule has 1 saturated heterocycles. The standard InChI is InChI=1S/C10H21NO2S2/c1-9(3-6-14(2)12)11-10-4-7-15(13)8-5-10/h9-11H,3-8H2,1-2H3. The minimum Gasteiger partial charge on any atom is -0.311 e. The second-order valence-electron chi connectivity index (χ2n) is 4.26. The highest BCUT2D eigenvalue weighted by atomic mass is 32.2. The Balaban J connectivity index is 2.17. The van der Waals surface area contributed by atoms with Crippen LogP contribution < -0.4 is 5.32 Å². The summed E-state index contributed by atoms with van der Waals surface area (Å²) in [6.07, 6.45) is 4.75. The molecular formula is C10H21NO2S2. The molecule has 0 bridgehead atoms. The van der Waals surface area contributed by atoms with Crippen molar-refractivity contribution >= 4 is 21.6 Å². The van der Waals surface area contributed by atoms with Crippen molar-refractivity contribution < 1.29 is 8.42 Å². The molecule has 0 saturated carbocycles. The van der Waals surface area contributed by atoms with Crippen LogP contribution in [-0.4, -0.2) is 44.0 Å². The zero-order chi connectivity index (χ0) is 11.3. The minimum atomic E-state index is -0.687. The van der Waals surface area contributed by atoms with Gasteiger partial charge in [0.15, 0.2) is 0 Å². The quantitative estimate of drug-likeness (QED) is 0.780. The van der Waals surface area contributed by atoms with Crippen molar-refractivity contribution in [3.8, 4) is 0 Å². The van der Waals surface area contributed by atoms with Gasteiger partial charge in [-0.1, -0.05) is 0 Å². The first kappa shape index (κ1) is 13.3. The number of rotatable bonds is 5. The van der Waals surface area contributed by atoms with Gasteiger partial charge >= 0.3 is 0 Å². The lowest BCUT2D eigenvalue weighted by molar-refractivity contribution is 0.413. The van der Waals surface area contributed by atoms with Gasteiger partial charge in [0, 0.05) is 57.2 Å². The van der Waals surface area contributed by atoms with Gasteiger partial charge in [-0.3, -0.25) is 8.42 Å². The van der Waals surface area contributed by atoms with E-state index in [1.807, 2.05) is 0 Å². The summed E-state index contributed by atoms with van der Waals surface area (Å²) in [7, 11) is -1.26. The van der Waals surface area contributed by atoms with Gasteiger partial charge in [-0.25, -0.2) is 0 Å². The van der Waals surface area contributed by atoms with Crippen molar-refractivity contribution in [2.45, 2.75) is 38.3 Å². The molecule has 0 aromatic carbocycles. The Labute approximate surface area is 97.3 Å². The SMILES string of the molecule is CC(CCS(C)=O)NC1CCS(=O)CC1. The summed E-state index contributed by atoms with van der Waals surface area (Å²) >= 11 is 0. The van der Waals surface area contributed by atoms with E-state index in [-0.39, 0.29) is 0 Å². The molecule has 3 nitrogen and oxygen atoms in total. The predicted octanol–water partition coefficient (Wildman–Crippen LogP) is 0.644. The lowest BCUT2D eigenvalue weighted by Gasteiger charge is -2.26. The van der Waals surface area contributed by atoms with Crippen LogP contribution in [0.5, 0.6) is 0 Å². The lowest BCUT2D eigenvalue weighted by Crippen LogP contribution is -2.41. The van der Waals surface area contributed by atoms with Gasteiger partial charge in [0.1, 0.15) is 0 Å². The largest absolute Gasteiger partial charge is 0.311 e. The second kappa shape index (κ2) is 6.76. The molecule has 1 rings (SSSR count). The average Bonchev–Trinajstić information content (AvgIpc) is 2.19. The Morgan fingerprint density at radius 2 is 2.07 bits per heavy atom. The van der Waals surface area contributed by atoms with Crippen molar-refractivity contribution in [2.24, 2.45) is 0 Å². The van der Waals surface area contributed by atoms with Gasteiger partial charge < -0.3 is 5.32 Å². The highest BCUT2D eigenvalue weighted by molar-refractivity contribution is 7.85. The van der Waals surface area contributed by atoms with Crippen LogP contribution in [0.4, 0.5) is 0 Å². The molecule has 0 spiro atoms. The highest BCUT2D eigenvalue weighted by Gasteiger charge is 2.18. The topological polar surface area (TPSA) is 46.2 Å². The molecule has 1 fully saturated rings. The molecule has 15 heavy (non-hydrogen) atoms. The zero-order valence-corrected chi connectivity index (χ0v) is 11.2. The monoisotopic (exact) mass is 251 g/mol. The van der Waals surface area contributed by atoms with Crippen LogP contribution in [0.2, 0.25) is 0 Å². The molecule has 2 unspecified atom stereocenters. The summed E-state index contributed by atoms with van der Waals surface area (Å²) in [5.74, 6) is 2.45. The number of hydrogen-bond donors (Lipinski definition) is 1. The highest BCUT2D eigenvalue weighted by Crippen LogP contribution is 2.10. The van der Waals surface area contributed by atoms with Crippen LogP contribution >= 0.6 is 0 Å². The number of hydrogen-bond acceptors (Lipinski definition) is 3. The van der Waals surface area contributed by atoms with E-state index in [0.717, 1.165) is 36.5 Å². The van der Waals surface area contributed by atoms with E-state index < -0.39 is 21.6 Å². The van der Waals surface area contributed by atoms with Gasteiger partial charge in [0.2, 0.25) is 0 Å². The fraction of sp³-hybridized carbons (Fsp3) is 1.00. The third-order valence-corrected chi connectivity index (χ3v) is 4.94. The first-order valence-corrected chi connectivity index (χ1v) is 8.70. The molecule has 1 aliphatic rings. The molecule has 0 aromatic heterocycles. The van der Waals surface area contributed by atoms with Crippen LogP contribution in [0.3, 0.4) is 0 Å². The summed E-state index contributed by atoms with van der Waals surface area (Å²) in [5.41, 5.74) is 0. The van der Waals surface area contributed by atoms with Gasteiger partial charge in [-0.2, -0.15) is 0 Å². The first-order valence-electron chi connectivity index (χ1n) is 5.49. The van der Waals surface area contributed by atoms with Gasteiger partial charge in [0.25, 0.3) is 0 Å². The molecule has 90 valence electrons. The molecule has 1 aliphatic heterocycles. The van der Waals surface area contributed by atoms with Crippen molar-refractivity contribution in [2.75, 3.05) is 23.5 Å². The van der Waals surface area contributed by atoms with Crippen molar-refractivity contribution in [1.29, 1.82) is 0 Å². The Kier molecular flexibility index (Phi) is 6.00. The Bertz CT molecular complexity index is 236. The van der Waals surface area contributed by atoms with Crippen molar-refractivity contribution in [3.63, 3.8) is 0 Å². The van der Waals surface area contributed by atoms with Crippen LogP contribution in [0.25, 0.3) is 0 Å². The fourth-order valence-corrected chi connectivity index (χ4v) is 3.77. The van der Waals surface area contributed by atoms with E-state index in [2.05, 4.69) is 12.2 Å². The lowest BCUT2D eigenvalue weighted by atomic mass is 10.1. The van der Waals surface area contributed by atoms with E-state index in [0.29, 0.717) is 12.1 Å². The smallest absolute Gasteiger partial charge is 0.0249 e. The van der Waals surface area contributed by atoms with Crippen molar-refractivity contribution in [1.82, 2.24) is 5.32 Å². The molecule has 0 amide bonds. The molecule has 5 heteroatoms. The molecule has 1 N–H and O–H groups in total. The summed E-state index contributed by atoms with van der Waals surface area (Å²) in [6, 6.07) is 0.938. The molecule has 2 atom stereocenters. The molecule has 0 radical (unpaired) electrons. The summed E-state index contributed by atoms with van der Waals surface area (Å²) < 4.78 is 22.1. The number of nitrogens with one attached hydrogen (secondary N) is 1. The minimum absolute atomic E-state index is 0.422. The summed E-state index contributed by atoms with van der Waals surface area (Å²) in [5, 5.41) is 3.53. The summed E-state index contributed by atoms with van der Waals surface area (Å²) in [4.78, 5) is 0. The Hall–Kier alpha value is 0.260. The fourth-order valence-electron chi connectivity index (χ4n) is 1.79. The van der Waals surface area contributed by atoms with E-state index in [1.165, 1.54) is 0 Å². The molecule has 1 heterocycles. The maximum Gasteiger partial charge on any atom is 0.0249 e. The van der Waals surface area contributed by atoms with E-state index in [1.54, 1.807) is 6.26 Å². The van der Waals surface area contributed by atoms with Crippen LogP contribution in [0.15, 0.2) is 0 Å². The molecule has 0 aromatic rings. The van der Waals surface area contributed by atoms with Crippen LogP contribution in [0, 0.1) is 0 Å². The summed E-state index contributed by atoms with van der Waals surface area (Å²) in [6.45, 7) is 2.14. The Morgan fingerprint density at radius 1 is 1.47 bits per heavy atom. The zero-order valence-electron chi connectivity index (χ0n) is 9.53. The van der Waals surface area contributed by atoms with E-state index in [4.69, 9.17) is 0 Å². The maximum atomic E-state index is 11.2. The van der Waals surface area contributed by atoms with Gasteiger partial charge in [-0.05, 0) is 26.2 Å². The van der Waals surface area contributed by atoms with Gasteiger partial charge in [-0.15, -0.1) is 0 Å². The van der Waals surface area contributed by atoms with Crippen LogP contribution in [-0.2, 0) is 21.6 Å². The first-order chi connectivity index (χ1) is 7.08. The third-order valence-electron chi connectivity index (χ3n) is 2.75. The molecule has 0 aliphatic carbocycles. The van der Waals surface area contributed by atoms with Gasteiger partial charge in [0.05, 0.1) is 0 Å². The third kappa shape index (κ3) is 5.78. The Morgan fingerprint density at radius 3 is 2.60 bits per heavy atom. The van der Waals surface area contributed by atoms with E-state index in [9.17, 15) is 8.42 Å².